The second kappa shape index (κ2) is 4.29. The Hall–Kier alpha value is -0.590. The summed E-state index contributed by atoms with van der Waals surface area (Å²) in [4.78, 5) is 3.51. The molecule has 1 nitrogen and oxygen atoms in total. The predicted octanol–water partition coefficient (Wildman–Crippen LogP) is 4.02. The molecule has 0 spiro atoms. The highest BCUT2D eigenvalue weighted by atomic mass is 127. The van der Waals surface area contributed by atoms with Crippen LogP contribution in [0.4, 0.5) is 18.9 Å². The van der Waals surface area contributed by atoms with E-state index in [0.717, 1.165) is 5.56 Å². The second-order valence-electron chi connectivity index (χ2n) is 2.69. The number of halogens is 4. The molecular weight excluding hydrogens is 306 g/mol. The minimum absolute atomic E-state index is 0.356. The molecule has 5 heteroatoms. The highest BCUT2D eigenvalue weighted by molar-refractivity contribution is 14.1. The van der Waals surface area contributed by atoms with Crippen molar-refractivity contribution in [3.63, 3.8) is 0 Å². The van der Waals surface area contributed by atoms with E-state index in [4.69, 9.17) is 0 Å². The second-order valence-corrected chi connectivity index (χ2v) is 3.71. The summed E-state index contributed by atoms with van der Waals surface area (Å²) >= 11 is 1.19. The van der Waals surface area contributed by atoms with Gasteiger partial charge in [0.25, 0.3) is 0 Å². The minimum Gasteiger partial charge on any atom is -0.237 e. The largest absolute Gasteiger partial charge is 0.439 e. The Labute approximate surface area is 93.2 Å². The number of benzene rings is 1. The van der Waals surface area contributed by atoms with Crippen LogP contribution in [0.5, 0.6) is 0 Å². The van der Waals surface area contributed by atoms with Crippen molar-refractivity contribution in [3.8, 4) is 0 Å². The first kappa shape index (κ1) is 11.5. The quantitative estimate of drug-likeness (QED) is 0.548. The van der Waals surface area contributed by atoms with Gasteiger partial charge < -0.3 is 0 Å². The molecule has 0 amide bonds. The molecule has 14 heavy (non-hydrogen) atoms. The summed E-state index contributed by atoms with van der Waals surface area (Å²) in [6, 6.07) is 6.69. The molecule has 0 heterocycles. The molecule has 0 aliphatic heterocycles. The fourth-order valence-electron chi connectivity index (χ4n) is 0.858. The van der Waals surface area contributed by atoms with Crippen LogP contribution in [-0.4, -0.2) is 9.89 Å². The molecule has 0 fully saturated rings. The van der Waals surface area contributed by atoms with Gasteiger partial charge >= 0.3 is 6.18 Å². The highest BCUT2D eigenvalue weighted by Crippen LogP contribution is 2.26. The highest BCUT2D eigenvalue weighted by Gasteiger charge is 2.33. The van der Waals surface area contributed by atoms with E-state index >= 15 is 0 Å². The van der Waals surface area contributed by atoms with Gasteiger partial charge in [0.1, 0.15) is 0 Å². The van der Waals surface area contributed by atoms with Crippen molar-refractivity contribution < 1.29 is 13.2 Å². The van der Waals surface area contributed by atoms with Gasteiger partial charge in [-0.05, 0) is 41.1 Å². The van der Waals surface area contributed by atoms with Crippen LogP contribution in [0.1, 0.15) is 5.56 Å². The van der Waals surface area contributed by atoms with Crippen molar-refractivity contribution >= 4 is 32.0 Å². The van der Waals surface area contributed by atoms with Crippen LogP contribution < -0.4 is 0 Å². The monoisotopic (exact) mass is 313 g/mol. The number of aryl methyl sites for hydroxylation is 1. The summed E-state index contributed by atoms with van der Waals surface area (Å²) in [7, 11) is 0. The number of alkyl halides is 3. The number of aliphatic imine (C=N–C) groups is 1. The molecule has 0 atom stereocenters. The van der Waals surface area contributed by atoms with E-state index in [2.05, 4.69) is 4.99 Å². The summed E-state index contributed by atoms with van der Waals surface area (Å²) < 4.78 is 35.5. The Balaban J connectivity index is 3.04. The fourth-order valence-corrected chi connectivity index (χ4v) is 1.12. The molecule has 0 aliphatic carbocycles. The van der Waals surface area contributed by atoms with Gasteiger partial charge in [-0.25, -0.2) is 4.99 Å². The summed E-state index contributed by atoms with van der Waals surface area (Å²) in [6.07, 6.45) is -4.36. The normalized spacial score (nSPS) is 13.1. The first-order valence-electron chi connectivity index (χ1n) is 3.78. The van der Waals surface area contributed by atoms with E-state index in [1.54, 1.807) is 31.2 Å². The van der Waals surface area contributed by atoms with Crippen LogP contribution in [0, 0.1) is 6.92 Å². The molecule has 0 unspecified atom stereocenters. The van der Waals surface area contributed by atoms with Gasteiger partial charge in [0.05, 0.1) is 5.69 Å². The van der Waals surface area contributed by atoms with E-state index in [9.17, 15) is 13.2 Å². The lowest BCUT2D eigenvalue weighted by molar-refractivity contribution is -0.0544. The third-order valence-corrected chi connectivity index (χ3v) is 2.42. The van der Waals surface area contributed by atoms with Gasteiger partial charge in [0.2, 0.25) is 0 Å². The zero-order valence-electron chi connectivity index (χ0n) is 7.27. The Bertz CT molecular complexity index is 357. The molecule has 0 saturated heterocycles. The fraction of sp³-hybridized carbons (Fsp3) is 0.222. The number of rotatable bonds is 1. The molecule has 0 aliphatic rings. The van der Waals surface area contributed by atoms with Crippen molar-refractivity contribution in [1.29, 1.82) is 0 Å². The number of para-hydroxylation sites is 1. The summed E-state index contributed by atoms with van der Waals surface area (Å²) in [5.41, 5.74) is 1.08. The van der Waals surface area contributed by atoms with Crippen molar-refractivity contribution in [2.75, 3.05) is 0 Å². The maximum atomic E-state index is 12.1. The third-order valence-electron chi connectivity index (χ3n) is 1.57. The molecule has 0 aromatic heterocycles. The molecule has 0 N–H and O–H groups in total. The minimum atomic E-state index is -4.36. The molecular formula is C9H7F3IN. The van der Waals surface area contributed by atoms with Gasteiger partial charge in [-0.1, -0.05) is 18.2 Å². The Kier molecular flexibility index (Phi) is 3.52. The molecule has 1 rings (SSSR count). The molecule has 0 radical (unpaired) electrons. The van der Waals surface area contributed by atoms with E-state index in [0.29, 0.717) is 5.69 Å². The average molecular weight is 313 g/mol. The average Bonchev–Trinajstić information content (AvgIpc) is 2.07. The van der Waals surface area contributed by atoms with Crippen molar-refractivity contribution in [1.82, 2.24) is 0 Å². The summed E-state index contributed by atoms with van der Waals surface area (Å²) in [6.45, 7) is 1.72. The van der Waals surface area contributed by atoms with Crippen molar-refractivity contribution in [2.24, 2.45) is 4.99 Å². The van der Waals surface area contributed by atoms with Gasteiger partial charge in [0, 0.05) is 0 Å². The SMILES string of the molecule is Cc1ccccc1N=C(I)C(F)(F)F. The van der Waals surface area contributed by atoms with Crippen LogP contribution in [0.15, 0.2) is 29.3 Å². The first-order chi connectivity index (χ1) is 6.41. The van der Waals surface area contributed by atoms with Gasteiger partial charge in [-0.2, -0.15) is 13.2 Å². The standard InChI is InChI=1S/C9H7F3IN/c1-6-4-2-3-5-7(6)14-8(13)9(10,11)12/h2-5H,1H3. The van der Waals surface area contributed by atoms with Crippen LogP contribution in [0.3, 0.4) is 0 Å². The Morgan fingerprint density at radius 1 is 1.29 bits per heavy atom. The van der Waals surface area contributed by atoms with Gasteiger partial charge in [-0.15, -0.1) is 0 Å². The lowest BCUT2D eigenvalue weighted by Crippen LogP contribution is -2.16. The molecule has 0 saturated carbocycles. The smallest absolute Gasteiger partial charge is 0.237 e. The maximum Gasteiger partial charge on any atom is 0.439 e. The lowest BCUT2D eigenvalue weighted by atomic mass is 10.2. The maximum absolute atomic E-state index is 12.1. The third kappa shape index (κ3) is 2.97. The van der Waals surface area contributed by atoms with Gasteiger partial charge in [0.15, 0.2) is 3.72 Å². The topological polar surface area (TPSA) is 12.4 Å². The predicted molar refractivity (Wildman–Crippen MR) is 58.3 cm³/mol. The Morgan fingerprint density at radius 3 is 2.36 bits per heavy atom. The molecule has 0 bridgehead atoms. The van der Waals surface area contributed by atoms with Crippen molar-refractivity contribution in [3.05, 3.63) is 29.8 Å². The zero-order chi connectivity index (χ0) is 10.8. The molecule has 1 aromatic rings. The summed E-state index contributed by atoms with van der Waals surface area (Å²) in [5.74, 6) is 0. The van der Waals surface area contributed by atoms with Crippen molar-refractivity contribution in [2.45, 2.75) is 13.1 Å². The lowest BCUT2D eigenvalue weighted by Gasteiger charge is -2.04. The number of hydrogen-bond donors (Lipinski definition) is 0. The van der Waals surface area contributed by atoms with Crippen LogP contribution in [0.25, 0.3) is 0 Å². The van der Waals surface area contributed by atoms with E-state index in [1.807, 2.05) is 0 Å². The van der Waals surface area contributed by atoms with E-state index in [1.165, 1.54) is 22.6 Å². The van der Waals surface area contributed by atoms with Crippen LogP contribution >= 0.6 is 22.6 Å². The van der Waals surface area contributed by atoms with Crippen LogP contribution in [0.2, 0.25) is 0 Å². The van der Waals surface area contributed by atoms with Crippen LogP contribution in [-0.2, 0) is 0 Å². The zero-order valence-corrected chi connectivity index (χ0v) is 9.43. The van der Waals surface area contributed by atoms with E-state index in [-0.39, 0.29) is 0 Å². The molecule has 1 aromatic carbocycles. The molecule has 76 valence electrons. The Morgan fingerprint density at radius 2 is 1.86 bits per heavy atom. The summed E-state index contributed by atoms with van der Waals surface area (Å²) in [5, 5.41) is 0. The first-order valence-corrected chi connectivity index (χ1v) is 4.86. The number of nitrogens with zero attached hydrogens (tertiary/aromatic N) is 1. The van der Waals surface area contributed by atoms with Gasteiger partial charge in [-0.3, -0.25) is 0 Å². The van der Waals surface area contributed by atoms with E-state index < -0.39 is 9.89 Å². The number of hydrogen-bond acceptors (Lipinski definition) is 1.